The Morgan fingerprint density at radius 2 is 1.59 bits per heavy atom. The lowest BCUT2D eigenvalue weighted by molar-refractivity contribution is -0.118. The zero-order valence-electron chi connectivity index (χ0n) is 15.6. The van der Waals surface area contributed by atoms with Crippen LogP contribution in [0.5, 0.6) is 0 Å². The quantitative estimate of drug-likeness (QED) is 0.636. The topological polar surface area (TPSA) is 55.4 Å². The van der Waals surface area contributed by atoms with Crippen molar-refractivity contribution in [2.75, 3.05) is 11.9 Å². The number of alkyl carbamates (subject to hydrolysis) is 1. The number of benzene rings is 2. The second-order valence-corrected chi connectivity index (χ2v) is 7.81. The van der Waals surface area contributed by atoms with Crippen molar-refractivity contribution >= 4 is 27.8 Å². The minimum absolute atomic E-state index is 0.0126. The molecule has 4 nitrogen and oxygen atoms in total. The molecule has 0 aromatic heterocycles. The van der Waals surface area contributed by atoms with Crippen LogP contribution in [0.3, 0.4) is 0 Å². The molecule has 2 aromatic rings. The average Bonchev–Trinajstić information content (AvgIpc) is 2.99. The maximum Gasteiger partial charge on any atom is 0.407 e. The number of alkyl halides is 1. The van der Waals surface area contributed by atoms with E-state index >= 15 is 0 Å². The molecule has 1 N–H and O–H groups in total. The number of rotatable bonds is 7. The molecule has 0 spiro atoms. The number of amides is 1. The second kappa shape index (κ2) is 8.70. The molecule has 27 heavy (non-hydrogen) atoms. The van der Waals surface area contributed by atoms with E-state index in [0.29, 0.717) is 12.3 Å². The van der Waals surface area contributed by atoms with E-state index in [-0.39, 0.29) is 23.6 Å². The fraction of sp³-hybridized carbons (Fsp3) is 0.364. The molecular formula is C22H24BrNO3. The van der Waals surface area contributed by atoms with E-state index in [2.05, 4.69) is 45.5 Å². The fourth-order valence-electron chi connectivity index (χ4n) is 3.62. The van der Waals surface area contributed by atoms with Crippen LogP contribution in [0.4, 0.5) is 4.79 Å². The van der Waals surface area contributed by atoms with Gasteiger partial charge in [0.2, 0.25) is 0 Å². The maximum absolute atomic E-state index is 12.3. The molecular weight excluding hydrogens is 406 g/mol. The standard InChI is InChI=1S/C22H24BrNO3/c1-14(2)11-20(21(25)12-23)24-22(26)27-13-19-17-9-5-3-7-15(17)16-8-4-6-10-18(16)19/h3-10,14,19-20H,11-13H2,1-2H3,(H,24,26)/t20-/m0/s1. The van der Waals surface area contributed by atoms with Gasteiger partial charge < -0.3 is 10.1 Å². The second-order valence-electron chi connectivity index (χ2n) is 7.25. The molecule has 0 unspecified atom stereocenters. The van der Waals surface area contributed by atoms with Gasteiger partial charge in [0.15, 0.2) is 5.78 Å². The summed E-state index contributed by atoms with van der Waals surface area (Å²) < 4.78 is 5.53. The first-order valence-electron chi connectivity index (χ1n) is 9.21. The van der Waals surface area contributed by atoms with Gasteiger partial charge in [-0.05, 0) is 34.6 Å². The molecule has 1 aliphatic rings. The van der Waals surface area contributed by atoms with Crippen molar-refractivity contribution in [2.24, 2.45) is 5.92 Å². The first kappa shape index (κ1) is 19.6. The molecule has 0 saturated carbocycles. The highest BCUT2D eigenvalue weighted by atomic mass is 79.9. The van der Waals surface area contributed by atoms with Gasteiger partial charge in [-0.1, -0.05) is 78.3 Å². The van der Waals surface area contributed by atoms with Gasteiger partial charge in [-0.2, -0.15) is 0 Å². The molecule has 2 aromatic carbocycles. The minimum Gasteiger partial charge on any atom is -0.449 e. The minimum atomic E-state index is -0.545. The Labute approximate surface area is 168 Å². The summed E-state index contributed by atoms with van der Waals surface area (Å²) in [5.41, 5.74) is 4.71. The van der Waals surface area contributed by atoms with Crippen LogP contribution in [-0.2, 0) is 9.53 Å². The number of ketones is 1. The predicted molar refractivity (Wildman–Crippen MR) is 110 cm³/mol. The van der Waals surface area contributed by atoms with E-state index < -0.39 is 12.1 Å². The fourth-order valence-corrected chi connectivity index (χ4v) is 4.01. The molecule has 0 fully saturated rings. The Balaban J connectivity index is 1.69. The number of Topliss-reactive ketones (excluding diaryl/α,β-unsaturated/α-hetero) is 1. The van der Waals surface area contributed by atoms with Crippen LogP contribution in [0.25, 0.3) is 11.1 Å². The first-order valence-corrected chi connectivity index (χ1v) is 10.3. The third-order valence-corrected chi connectivity index (χ3v) is 5.42. The number of hydrogen-bond donors (Lipinski definition) is 1. The number of nitrogens with one attached hydrogen (secondary N) is 1. The lowest BCUT2D eigenvalue weighted by Crippen LogP contribution is -2.42. The van der Waals surface area contributed by atoms with Crippen LogP contribution in [0.1, 0.15) is 37.3 Å². The third-order valence-electron chi connectivity index (χ3n) is 4.86. The summed E-state index contributed by atoms with van der Waals surface area (Å²) in [5.74, 6) is 0.266. The van der Waals surface area contributed by atoms with Gasteiger partial charge in [-0.15, -0.1) is 0 Å². The van der Waals surface area contributed by atoms with Gasteiger partial charge in [-0.25, -0.2) is 4.79 Å². The third kappa shape index (κ3) is 4.41. The van der Waals surface area contributed by atoms with Crippen LogP contribution in [0, 0.1) is 5.92 Å². The van der Waals surface area contributed by atoms with Gasteiger partial charge in [0, 0.05) is 5.92 Å². The van der Waals surface area contributed by atoms with Crippen molar-refractivity contribution < 1.29 is 14.3 Å². The summed E-state index contributed by atoms with van der Waals surface area (Å²) in [5, 5.41) is 2.95. The van der Waals surface area contributed by atoms with E-state index in [1.165, 1.54) is 22.3 Å². The highest BCUT2D eigenvalue weighted by Crippen LogP contribution is 2.44. The lowest BCUT2D eigenvalue weighted by atomic mass is 9.98. The summed E-state index contributed by atoms with van der Waals surface area (Å²) in [4.78, 5) is 24.4. The summed E-state index contributed by atoms with van der Waals surface area (Å²) in [6.45, 7) is 4.29. The lowest BCUT2D eigenvalue weighted by Gasteiger charge is -2.20. The number of halogens is 1. The zero-order chi connectivity index (χ0) is 19.4. The van der Waals surface area contributed by atoms with Crippen molar-refractivity contribution in [1.82, 2.24) is 5.32 Å². The summed E-state index contributed by atoms with van der Waals surface area (Å²) in [6.07, 6.45) is 0.0473. The molecule has 0 saturated heterocycles. The van der Waals surface area contributed by atoms with Crippen LogP contribution in [-0.4, -0.2) is 29.9 Å². The Morgan fingerprint density at radius 3 is 2.11 bits per heavy atom. The van der Waals surface area contributed by atoms with Crippen LogP contribution < -0.4 is 5.32 Å². The molecule has 0 radical (unpaired) electrons. The number of carbonyl (C=O) groups is 2. The van der Waals surface area contributed by atoms with Gasteiger partial charge in [-0.3, -0.25) is 4.79 Å². The Bertz CT molecular complexity index is 788. The van der Waals surface area contributed by atoms with Gasteiger partial charge in [0.1, 0.15) is 6.61 Å². The average molecular weight is 430 g/mol. The molecule has 3 rings (SSSR count). The number of ether oxygens (including phenoxy) is 1. The molecule has 5 heteroatoms. The highest BCUT2D eigenvalue weighted by molar-refractivity contribution is 9.09. The Hall–Kier alpha value is -2.14. The molecule has 1 amide bonds. The first-order chi connectivity index (χ1) is 13.0. The van der Waals surface area contributed by atoms with Crippen molar-refractivity contribution in [3.05, 3.63) is 59.7 Å². The normalized spacial score (nSPS) is 13.8. The summed E-state index contributed by atoms with van der Waals surface area (Å²) in [6, 6.07) is 15.9. The maximum atomic E-state index is 12.3. The molecule has 0 bridgehead atoms. The van der Waals surface area contributed by atoms with Crippen molar-refractivity contribution in [2.45, 2.75) is 32.2 Å². The summed E-state index contributed by atoms with van der Waals surface area (Å²) >= 11 is 3.18. The molecule has 0 aliphatic heterocycles. The van der Waals surface area contributed by atoms with Crippen LogP contribution in [0.15, 0.2) is 48.5 Å². The van der Waals surface area contributed by atoms with Gasteiger partial charge in [0.25, 0.3) is 0 Å². The van der Waals surface area contributed by atoms with Crippen LogP contribution in [0.2, 0.25) is 0 Å². The number of carbonyl (C=O) groups excluding carboxylic acids is 2. The van der Waals surface area contributed by atoms with E-state index in [4.69, 9.17) is 4.74 Å². The van der Waals surface area contributed by atoms with Gasteiger partial charge in [0.05, 0.1) is 11.4 Å². The number of fused-ring (bicyclic) bond motifs is 3. The largest absolute Gasteiger partial charge is 0.449 e. The molecule has 0 heterocycles. The van der Waals surface area contributed by atoms with Crippen molar-refractivity contribution in [3.63, 3.8) is 0 Å². The zero-order valence-corrected chi connectivity index (χ0v) is 17.2. The SMILES string of the molecule is CC(C)C[C@H](NC(=O)OCC1c2ccccc2-c2ccccc21)C(=O)CBr. The highest BCUT2D eigenvalue weighted by Gasteiger charge is 2.29. The van der Waals surface area contributed by atoms with E-state index in [0.717, 1.165) is 0 Å². The van der Waals surface area contributed by atoms with E-state index in [1.807, 2.05) is 38.1 Å². The monoisotopic (exact) mass is 429 g/mol. The summed E-state index contributed by atoms with van der Waals surface area (Å²) in [7, 11) is 0. The van der Waals surface area contributed by atoms with Gasteiger partial charge >= 0.3 is 6.09 Å². The smallest absolute Gasteiger partial charge is 0.407 e. The molecule has 1 aliphatic carbocycles. The van der Waals surface area contributed by atoms with Crippen molar-refractivity contribution in [1.29, 1.82) is 0 Å². The van der Waals surface area contributed by atoms with E-state index in [9.17, 15) is 9.59 Å². The van der Waals surface area contributed by atoms with Crippen molar-refractivity contribution in [3.8, 4) is 11.1 Å². The Morgan fingerprint density at radius 1 is 1.04 bits per heavy atom. The number of hydrogen-bond acceptors (Lipinski definition) is 3. The molecule has 1 atom stereocenters. The molecule has 142 valence electrons. The van der Waals surface area contributed by atoms with Crippen LogP contribution >= 0.6 is 15.9 Å². The van der Waals surface area contributed by atoms with E-state index in [1.54, 1.807) is 0 Å². The Kier molecular flexibility index (Phi) is 6.32. The predicted octanol–water partition coefficient (Wildman–Crippen LogP) is 4.90.